The molecule has 0 bridgehead atoms. The van der Waals surface area contributed by atoms with Crippen molar-refractivity contribution < 1.29 is 4.42 Å². The first-order valence-electron chi connectivity index (χ1n) is 9.65. The summed E-state index contributed by atoms with van der Waals surface area (Å²) in [6.45, 7) is 3.53. The highest BCUT2D eigenvalue weighted by atomic mass is 35.5. The first-order chi connectivity index (χ1) is 14.0. The average Bonchev–Trinajstić information content (AvgIpc) is 3.14. The van der Waals surface area contributed by atoms with Crippen LogP contribution in [-0.2, 0) is 7.05 Å². The lowest BCUT2D eigenvalue weighted by molar-refractivity contribution is 0.406. The maximum absolute atomic E-state index is 12.3. The zero-order chi connectivity index (χ0) is 20.1. The van der Waals surface area contributed by atoms with Crippen molar-refractivity contribution in [1.29, 1.82) is 0 Å². The smallest absolute Gasteiger partial charge is 0.349 e. The van der Waals surface area contributed by atoms with Gasteiger partial charge in [0.05, 0.1) is 5.52 Å². The van der Waals surface area contributed by atoms with E-state index in [0.29, 0.717) is 16.5 Å². The molecule has 7 nitrogen and oxygen atoms in total. The van der Waals surface area contributed by atoms with Gasteiger partial charge in [0, 0.05) is 26.1 Å². The summed E-state index contributed by atoms with van der Waals surface area (Å²) < 4.78 is 7.49. The fourth-order valence-electron chi connectivity index (χ4n) is 3.97. The van der Waals surface area contributed by atoms with Gasteiger partial charge in [-0.15, -0.1) is 0 Å². The number of piperidine rings is 1. The second-order valence-corrected chi connectivity index (χ2v) is 7.95. The van der Waals surface area contributed by atoms with Crippen LogP contribution in [0, 0.1) is 6.92 Å². The first-order valence-corrected chi connectivity index (χ1v) is 10.0. The Morgan fingerprint density at radius 1 is 1.10 bits per heavy atom. The van der Waals surface area contributed by atoms with Gasteiger partial charge in [-0.1, -0.05) is 17.7 Å². The van der Waals surface area contributed by atoms with Crippen molar-refractivity contribution in [1.82, 2.24) is 19.5 Å². The fraction of sp³-hybridized carbons (Fsp3) is 0.333. The molecule has 3 aromatic heterocycles. The van der Waals surface area contributed by atoms with Crippen molar-refractivity contribution in [2.45, 2.75) is 25.7 Å². The van der Waals surface area contributed by atoms with E-state index in [2.05, 4.69) is 14.9 Å². The molecular weight excluding hydrogens is 390 g/mol. The van der Waals surface area contributed by atoms with Crippen LogP contribution in [0.4, 0.5) is 5.82 Å². The molecule has 0 N–H and O–H groups in total. The Kier molecular flexibility index (Phi) is 4.28. The number of hydrogen-bond donors (Lipinski definition) is 0. The number of rotatable bonds is 2. The Morgan fingerprint density at radius 2 is 1.90 bits per heavy atom. The van der Waals surface area contributed by atoms with E-state index in [-0.39, 0.29) is 11.6 Å². The van der Waals surface area contributed by atoms with Crippen LogP contribution < -0.4 is 10.6 Å². The monoisotopic (exact) mass is 409 g/mol. The Balaban J connectivity index is 1.44. The van der Waals surface area contributed by atoms with E-state index in [1.165, 1.54) is 10.1 Å². The molecule has 0 unspecified atom stereocenters. The van der Waals surface area contributed by atoms with Crippen LogP contribution >= 0.6 is 11.6 Å². The summed E-state index contributed by atoms with van der Waals surface area (Å²) in [5.74, 6) is 1.62. The van der Waals surface area contributed by atoms with Crippen molar-refractivity contribution in [3.63, 3.8) is 0 Å². The molecule has 1 saturated heterocycles. The van der Waals surface area contributed by atoms with E-state index >= 15 is 0 Å². The minimum Gasteiger partial charge on any atom is -0.440 e. The second-order valence-electron chi connectivity index (χ2n) is 7.56. The Bertz CT molecular complexity index is 1290. The minimum absolute atomic E-state index is 0.244. The highest BCUT2D eigenvalue weighted by Gasteiger charge is 2.27. The molecule has 1 aliphatic heterocycles. The number of halogens is 1. The van der Waals surface area contributed by atoms with Crippen LogP contribution in [0.3, 0.4) is 0 Å². The van der Waals surface area contributed by atoms with Crippen LogP contribution in [0.25, 0.3) is 22.1 Å². The third kappa shape index (κ3) is 3.15. The number of hydrogen-bond acceptors (Lipinski definition) is 6. The van der Waals surface area contributed by atoms with Crippen molar-refractivity contribution in [2.24, 2.45) is 7.05 Å². The molecule has 0 aliphatic carbocycles. The van der Waals surface area contributed by atoms with Crippen LogP contribution in [0.5, 0.6) is 0 Å². The van der Waals surface area contributed by atoms with Gasteiger partial charge >= 0.3 is 5.69 Å². The summed E-state index contributed by atoms with van der Waals surface area (Å²) in [6.07, 6.45) is 1.73. The number of fused-ring (bicyclic) bond motifs is 2. The number of nitrogens with zero attached hydrogens (tertiary/aromatic N) is 5. The molecule has 1 fully saturated rings. The molecule has 1 aromatic carbocycles. The average molecular weight is 410 g/mol. The Morgan fingerprint density at radius 3 is 2.69 bits per heavy atom. The first kappa shape index (κ1) is 18.1. The van der Waals surface area contributed by atoms with Gasteiger partial charge in [0.1, 0.15) is 16.2 Å². The van der Waals surface area contributed by atoms with Gasteiger partial charge in [0.2, 0.25) is 0 Å². The van der Waals surface area contributed by atoms with E-state index in [9.17, 15) is 4.79 Å². The molecule has 1 aliphatic rings. The van der Waals surface area contributed by atoms with Gasteiger partial charge in [-0.2, -0.15) is 4.98 Å². The van der Waals surface area contributed by atoms with Gasteiger partial charge in [-0.25, -0.2) is 14.8 Å². The summed E-state index contributed by atoms with van der Waals surface area (Å²) >= 11 is 6.11. The van der Waals surface area contributed by atoms with Gasteiger partial charge in [0.25, 0.3) is 0 Å². The van der Waals surface area contributed by atoms with E-state index in [0.717, 1.165) is 48.4 Å². The van der Waals surface area contributed by atoms with Crippen molar-refractivity contribution in [3.8, 4) is 0 Å². The summed E-state index contributed by atoms with van der Waals surface area (Å²) in [5.41, 5.74) is 3.97. The zero-order valence-electron chi connectivity index (χ0n) is 16.2. The number of pyridine rings is 1. The lowest BCUT2D eigenvalue weighted by Gasteiger charge is -2.31. The molecule has 0 atom stereocenters. The summed E-state index contributed by atoms with van der Waals surface area (Å²) in [7, 11) is 1.69. The molecule has 0 saturated carbocycles. The largest absolute Gasteiger partial charge is 0.440 e. The predicted molar refractivity (Wildman–Crippen MR) is 113 cm³/mol. The number of oxazole rings is 1. The molecule has 5 rings (SSSR count). The third-order valence-corrected chi connectivity index (χ3v) is 5.82. The number of benzene rings is 1. The van der Waals surface area contributed by atoms with Crippen molar-refractivity contribution in [2.75, 3.05) is 18.0 Å². The molecular formula is C21H20ClN5O2. The number of anilines is 1. The van der Waals surface area contributed by atoms with E-state index in [1.54, 1.807) is 13.1 Å². The maximum Gasteiger partial charge on any atom is 0.349 e. The molecule has 8 heteroatoms. The summed E-state index contributed by atoms with van der Waals surface area (Å²) in [5, 5.41) is 0.385. The zero-order valence-corrected chi connectivity index (χ0v) is 17.0. The normalized spacial score (nSPS) is 15.5. The molecule has 0 spiro atoms. The van der Waals surface area contributed by atoms with Gasteiger partial charge in [-0.05, 0) is 49.6 Å². The maximum atomic E-state index is 12.3. The molecule has 148 valence electrons. The Labute approximate surface area is 172 Å². The number of aryl methyl sites for hydroxylation is 2. The van der Waals surface area contributed by atoms with Gasteiger partial charge < -0.3 is 9.32 Å². The standard InChI is InChI=1S/C21H20ClN5O2/c1-12-3-5-16-14(11-12)23-20(29-16)13-7-9-27(10-8-13)19-18-15(4-6-17(22)24-18)26(2)21(28)25-19/h3-6,11,13H,7-10H2,1-2H3. The highest BCUT2D eigenvalue weighted by molar-refractivity contribution is 6.29. The SMILES string of the molecule is Cc1ccc2oc(C3CCN(c4nc(=O)n(C)c5ccc(Cl)nc45)CC3)nc2c1. The van der Waals surface area contributed by atoms with Crippen LogP contribution in [0.1, 0.15) is 30.2 Å². The van der Waals surface area contributed by atoms with Gasteiger partial charge in [0.15, 0.2) is 17.3 Å². The van der Waals surface area contributed by atoms with E-state index < -0.39 is 0 Å². The topological polar surface area (TPSA) is 77.0 Å². The summed E-state index contributed by atoms with van der Waals surface area (Å²) in [6, 6.07) is 9.55. The summed E-state index contributed by atoms with van der Waals surface area (Å²) in [4.78, 5) is 27.9. The van der Waals surface area contributed by atoms with E-state index in [1.807, 2.05) is 31.2 Å². The van der Waals surface area contributed by atoms with Crippen LogP contribution in [0.15, 0.2) is 39.5 Å². The van der Waals surface area contributed by atoms with Crippen molar-refractivity contribution in [3.05, 3.63) is 57.4 Å². The molecule has 4 heterocycles. The quantitative estimate of drug-likeness (QED) is 0.468. The number of aromatic nitrogens is 4. The predicted octanol–water partition coefficient (Wildman–Crippen LogP) is 3.82. The molecule has 4 aromatic rings. The van der Waals surface area contributed by atoms with Crippen LogP contribution in [-0.4, -0.2) is 32.6 Å². The van der Waals surface area contributed by atoms with Crippen LogP contribution in [0.2, 0.25) is 5.15 Å². The second kappa shape index (κ2) is 6.84. The minimum atomic E-state index is -0.298. The molecule has 29 heavy (non-hydrogen) atoms. The third-order valence-electron chi connectivity index (χ3n) is 5.60. The van der Waals surface area contributed by atoms with E-state index in [4.69, 9.17) is 21.0 Å². The Hall–Kier alpha value is -2.93. The highest BCUT2D eigenvalue weighted by Crippen LogP contribution is 2.33. The fourth-order valence-corrected chi connectivity index (χ4v) is 4.12. The molecule has 0 amide bonds. The van der Waals surface area contributed by atoms with Gasteiger partial charge in [-0.3, -0.25) is 4.57 Å². The lowest BCUT2D eigenvalue weighted by Crippen LogP contribution is -2.36. The van der Waals surface area contributed by atoms with Crippen molar-refractivity contribution >= 4 is 39.6 Å². The lowest BCUT2D eigenvalue weighted by atomic mass is 9.96. The molecule has 0 radical (unpaired) electrons.